The van der Waals surface area contributed by atoms with Crippen LogP contribution < -0.4 is 14.8 Å². The summed E-state index contributed by atoms with van der Waals surface area (Å²) < 4.78 is 38.4. The lowest BCUT2D eigenvalue weighted by Gasteiger charge is -2.13. The number of nitrogens with one attached hydrogen (secondary N) is 1. The summed E-state index contributed by atoms with van der Waals surface area (Å²) in [5, 5.41) is 12.5. The molecular weight excluding hydrogens is 548 g/mol. The molecule has 3 aromatic rings. The highest BCUT2D eigenvalue weighted by atomic mass is 32.2. The minimum Gasteiger partial charge on any atom is -0.490 e. The standard InChI is InChI=1S/C27H21F2N3O7S/c1-2-38-23-11-16(6-9-22(23)39-15-17-4-3-5-19(10-17)32(36)37)12-24-26(34)31(27(35)40-24)14-25(33)30-21-8-7-18(28)13-20(21)29/h3-13H,2,14-15H2,1H3,(H,30,33)/b24-12+. The van der Waals surface area contributed by atoms with Gasteiger partial charge in [-0.2, -0.15) is 0 Å². The summed E-state index contributed by atoms with van der Waals surface area (Å²) in [6, 6.07) is 13.4. The third-order valence-corrected chi connectivity index (χ3v) is 6.37. The van der Waals surface area contributed by atoms with Crippen molar-refractivity contribution in [1.29, 1.82) is 0 Å². The Morgan fingerprint density at radius 2 is 1.88 bits per heavy atom. The minimum atomic E-state index is -0.995. The number of thioether (sulfide) groups is 1. The number of halogens is 2. The fraction of sp³-hybridized carbons (Fsp3) is 0.148. The molecule has 1 fully saturated rings. The monoisotopic (exact) mass is 569 g/mol. The Morgan fingerprint density at radius 1 is 1.07 bits per heavy atom. The molecule has 0 atom stereocenters. The average molecular weight is 570 g/mol. The van der Waals surface area contributed by atoms with E-state index in [4.69, 9.17) is 9.47 Å². The number of carbonyl (C=O) groups is 3. The van der Waals surface area contributed by atoms with Gasteiger partial charge in [0.05, 0.1) is 22.1 Å². The molecule has 1 aliphatic rings. The molecule has 1 aliphatic heterocycles. The molecule has 0 aromatic heterocycles. The van der Waals surface area contributed by atoms with E-state index in [-0.39, 0.29) is 22.9 Å². The number of ether oxygens (including phenoxy) is 2. The first-order valence-corrected chi connectivity index (χ1v) is 12.6. The highest BCUT2D eigenvalue weighted by molar-refractivity contribution is 8.18. The second-order valence-corrected chi connectivity index (χ2v) is 9.29. The maximum Gasteiger partial charge on any atom is 0.294 e. The van der Waals surface area contributed by atoms with Gasteiger partial charge in [0.1, 0.15) is 24.8 Å². The molecule has 0 radical (unpaired) electrons. The van der Waals surface area contributed by atoms with Crippen molar-refractivity contribution >= 4 is 46.3 Å². The summed E-state index contributed by atoms with van der Waals surface area (Å²) in [5.74, 6) is -2.65. The molecule has 206 valence electrons. The lowest BCUT2D eigenvalue weighted by molar-refractivity contribution is -0.384. The SMILES string of the molecule is CCOc1cc(/C=C2/SC(=O)N(CC(=O)Nc3ccc(F)cc3F)C2=O)ccc1OCc1cccc([N+](=O)[O-])c1. The Labute approximate surface area is 230 Å². The predicted molar refractivity (Wildman–Crippen MR) is 143 cm³/mol. The lowest BCUT2D eigenvalue weighted by atomic mass is 10.1. The Bertz CT molecular complexity index is 1530. The van der Waals surface area contributed by atoms with Crippen molar-refractivity contribution < 1.29 is 37.6 Å². The lowest BCUT2D eigenvalue weighted by Crippen LogP contribution is -2.36. The van der Waals surface area contributed by atoms with Crippen LogP contribution in [0.2, 0.25) is 0 Å². The number of nitro groups is 1. The van der Waals surface area contributed by atoms with E-state index in [9.17, 15) is 33.3 Å². The Hall–Kier alpha value is -4.78. The average Bonchev–Trinajstić information content (AvgIpc) is 3.17. The zero-order chi connectivity index (χ0) is 28.8. The van der Waals surface area contributed by atoms with E-state index < -0.39 is 40.2 Å². The van der Waals surface area contributed by atoms with Gasteiger partial charge in [-0.05, 0) is 60.2 Å². The number of carbonyl (C=O) groups excluding carboxylic acids is 3. The van der Waals surface area contributed by atoms with Crippen LogP contribution in [-0.4, -0.2) is 40.0 Å². The number of anilines is 1. The van der Waals surface area contributed by atoms with E-state index in [1.165, 1.54) is 18.2 Å². The van der Waals surface area contributed by atoms with Gasteiger partial charge in [-0.15, -0.1) is 0 Å². The maximum atomic E-state index is 13.8. The first-order chi connectivity index (χ1) is 19.1. The molecule has 4 rings (SSSR count). The molecule has 13 heteroatoms. The number of hydrogen-bond donors (Lipinski definition) is 1. The Kier molecular flexibility index (Phi) is 8.74. The molecule has 0 aliphatic carbocycles. The van der Waals surface area contributed by atoms with Crippen molar-refractivity contribution in [3.8, 4) is 11.5 Å². The number of benzene rings is 3. The normalized spacial score (nSPS) is 14.0. The van der Waals surface area contributed by atoms with Crippen LogP contribution in [0, 0.1) is 21.7 Å². The van der Waals surface area contributed by atoms with Gasteiger partial charge in [0, 0.05) is 18.2 Å². The molecule has 0 bridgehead atoms. The number of nitro benzene ring substituents is 1. The van der Waals surface area contributed by atoms with E-state index in [1.807, 2.05) is 0 Å². The van der Waals surface area contributed by atoms with Crippen LogP contribution in [-0.2, 0) is 16.2 Å². The van der Waals surface area contributed by atoms with E-state index in [2.05, 4.69) is 5.32 Å². The van der Waals surface area contributed by atoms with Crippen molar-refractivity contribution in [2.75, 3.05) is 18.5 Å². The number of non-ortho nitro benzene ring substituents is 1. The number of imide groups is 1. The van der Waals surface area contributed by atoms with Gasteiger partial charge < -0.3 is 14.8 Å². The molecular formula is C27H21F2N3O7S. The van der Waals surface area contributed by atoms with Gasteiger partial charge in [0.15, 0.2) is 11.5 Å². The van der Waals surface area contributed by atoms with Crippen molar-refractivity contribution in [3.63, 3.8) is 0 Å². The molecule has 3 aromatic carbocycles. The number of hydrogen-bond acceptors (Lipinski definition) is 8. The summed E-state index contributed by atoms with van der Waals surface area (Å²) in [6.07, 6.45) is 1.45. The van der Waals surface area contributed by atoms with Crippen molar-refractivity contribution in [3.05, 3.63) is 98.4 Å². The largest absolute Gasteiger partial charge is 0.490 e. The van der Waals surface area contributed by atoms with Crippen molar-refractivity contribution in [2.45, 2.75) is 13.5 Å². The van der Waals surface area contributed by atoms with Crippen LogP contribution >= 0.6 is 11.8 Å². The molecule has 40 heavy (non-hydrogen) atoms. The van der Waals surface area contributed by atoms with E-state index in [0.29, 0.717) is 52.0 Å². The first kappa shape index (κ1) is 28.2. The Morgan fingerprint density at radius 3 is 2.60 bits per heavy atom. The van der Waals surface area contributed by atoms with Crippen molar-refractivity contribution in [1.82, 2.24) is 4.90 Å². The molecule has 0 unspecified atom stereocenters. The number of amides is 3. The third-order valence-electron chi connectivity index (χ3n) is 5.46. The zero-order valence-electron chi connectivity index (χ0n) is 20.9. The number of rotatable bonds is 10. The second kappa shape index (κ2) is 12.4. The fourth-order valence-electron chi connectivity index (χ4n) is 3.63. The van der Waals surface area contributed by atoms with Gasteiger partial charge in [0.25, 0.3) is 16.8 Å². The Balaban J connectivity index is 1.45. The summed E-state index contributed by atoms with van der Waals surface area (Å²) in [4.78, 5) is 48.9. The third kappa shape index (κ3) is 6.80. The zero-order valence-corrected chi connectivity index (χ0v) is 21.7. The smallest absolute Gasteiger partial charge is 0.294 e. The van der Waals surface area contributed by atoms with Crippen LogP contribution in [0.5, 0.6) is 11.5 Å². The minimum absolute atomic E-state index is 0.0455. The van der Waals surface area contributed by atoms with E-state index in [1.54, 1.807) is 37.3 Å². The van der Waals surface area contributed by atoms with Gasteiger partial charge in [0.2, 0.25) is 5.91 Å². The topological polar surface area (TPSA) is 128 Å². The van der Waals surface area contributed by atoms with Gasteiger partial charge >= 0.3 is 0 Å². The van der Waals surface area contributed by atoms with E-state index in [0.717, 1.165) is 12.1 Å². The maximum absolute atomic E-state index is 13.8. The molecule has 0 spiro atoms. The molecule has 0 saturated carbocycles. The molecule has 10 nitrogen and oxygen atoms in total. The van der Waals surface area contributed by atoms with E-state index >= 15 is 0 Å². The summed E-state index contributed by atoms with van der Waals surface area (Å²) in [5.41, 5.74) is 0.746. The van der Waals surface area contributed by atoms with Crippen LogP contribution in [0.4, 0.5) is 25.0 Å². The molecule has 1 N–H and O–H groups in total. The van der Waals surface area contributed by atoms with Crippen molar-refractivity contribution in [2.24, 2.45) is 0 Å². The molecule has 3 amide bonds. The van der Waals surface area contributed by atoms with Gasteiger partial charge in [-0.25, -0.2) is 8.78 Å². The number of nitrogens with zero attached hydrogens (tertiary/aromatic N) is 2. The summed E-state index contributed by atoms with van der Waals surface area (Å²) >= 11 is 0.632. The predicted octanol–water partition coefficient (Wildman–Crippen LogP) is 5.53. The highest BCUT2D eigenvalue weighted by Crippen LogP contribution is 2.35. The quantitative estimate of drug-likeness (QED) is 0.192. The summed E-state index contributed by atoms with van der Waals surface area (Å²) in [7, 11) is 0. The summed E-state index contributed by atoms with van der Waals surface area (Å²) in [6.45, 7) is 1.46. The van der Waals surface area contributed by atoms with Crippen LogP contribution in [0.3, 0.4) is 0 Å². The second-order valence-electron chi connectivity index (χ2n) is 8.30. The fourth-order valence-corrected chi connectivity index (χ4v) is 4.47. The van der Waals surface area contributed by atoms with Crippen LogP contribution in [0.1, 0.15) is 18.1 Å². The highest BCUT2D eigenvalue weighted by Gasteiger charge is 2.36. The molecule has 1 heterocycles. The molecule has 1 saturated heterocycles. The van der Waals surface area contributed by atoms with Crippen LogP contribution in [0.25, 0.3) is 6.08 Å². The van der Waals surface area contributed by atoms with Gasteiger partial charge in [-0.1, -0.05) is 18.2 Å². The van der Waals surface area contributed by atoms with Crippen LogP contribution in [0.15, 0.2) is 65.6 Å². The van der Waals surface area contributed by atoms with Gasteiger partial charge in [-0.3, -0.25) is 29.4 Å². The first-order valence-electron chi connectivity index (χ1n) is 11.8.